The van der Waals surface area contributed by atoms with Crippen molar-refractivity contribution in [3.8, 4) is 11.5 Å². The summed E-state index contributed by atoms with van der Waals surface area (Å²) in [6.07, 6.45) is 1.33. The van der Waals surface area contributed by atoms with Crippen LogP contribution >= 0.6 is 0 Å². The van der Waals surface area contributed by atoms with E-state index in [1.165, 1.54) is 0 Å². The van der Waals surface area contributed by atoms with Crippen molar-refractivity contribution >= 4 is 0 Å². The Morgan fingerprint density at radius 2 is 1.32 bits per heavy atom. The summed E-state index contributed by atoms with van der Waals surface area (Å²) in [5.74, 6) is 1.59. The van der Waals surface area contributed by atoms with Crippen LogP contribution in [-0.4, -0.2) is 78.4 Å². The summed E-state index contributed by atoms with van der Waals surface area (Å²) in [4.78, 5) is 0. The van der Waals surface area contributed by atoms with Crippen molar-refractivity contribution in [1.29, 1.82) is 0 Å². The summed E-state index contributed by atoms with van der Waals surface area (Å²) in [6, 6.07) is 7.70. The van der Waals surface area contributed by atoms with Gasteiger partial charge in [-0.3, -0.25) is 0 Å². The summed E-state index contributed by atoms with van der Waals surface area (Å²) < 4.78 is 33.8. The first-order valence-corrected chi connectivity index (χ1v) is 10.1. The highest BCUT2D eigenvalue weighted by Gasteiger charge is 2.13. The van der Waals surface area contributed by atoms with E-state index in [1.807, 2.05) is 24.3 Å². The number of benzene rings is 1. The molecular formula is C20H32N2O6. The van der Waals surface area contributed by atoms with Gasteiger partial charge < -0.3 is 39.1 Å². The van der Waals surface area contributed by atoms with E-state index in [-0.39, 0.29) is 12.6 Å². The first kappa shape index (κ1) is 21.3. The summed E-state index contributed by atoms with van der Waals surface area (Å²) in [7, 11) is 0. The van der Waals surface area contributed by atoms with E-state index in [0.717, 1.165) is 50.5 Å². The largest absolute Gasteiger partial charge is 0.493 e. The molecule has 8 nitrogen and oxygen atoms in total. The first-order valence-electron chi connectivity index (χ1n) is 10.1. The molecule has 2 aliphatic heterocycles. The average Bonchev–Trinajstić information content (AvgIpc) is 2.75. The maximum atomic E-state index is 5.78. The van der Waals surface area contributed by atoms with Gasteiger partial charge in [-0.15, -0.1) is 0 Å². The Morgan fingerprint density at radius 3 is 1.79 bits per heavy atom. The molecule has 28 heavy (non-hydrogen) atoms. The van der Waals surface area contributed by atoms with Gasteiger partial charge >= 0.3 is 0 Å². The van der Waals surface area contributed by atoms with Crippen LogP contribution in [0.4, 0.5) is 0 Å². The summed E-state index contributed by atoms with van der Waals surface area (Å²) in [5, 5.41) is 6.47. The van der Waals surface area contributed by atoms with E-state index in [1.54, 1.807) is 0 Å². The summed E-state index contributed by atoms with van der Waals surface area (Å²) in [5.41, 5.74) is 0. The van der Waals surface area contributed by atoms with Crippen molar-refractivity contribution in [3.05, 3.63) is 24.3 Å². The van der Waals surface area contributed by atoms with Crippen molar-refractivity contribution in [2.75, 3.05) is 65.8 Å². The molecule has 3 rings (SSSR count). The Bertz CT molecular complexity index is 492. The third kappa shape index (κ3) is 8.30. The monoisotopic (exact) mass is 396 g/mol. The number of nitrogens with one attached hydrogen (secondary N) is 2. The zero-order valence-corrected chi connectivity index (χ0v) is 16.4. The van der Waals surface area contributed by atoms with E-state index >= 15 is 0 Å². The normalized spacial score (nSPS) is 22.7. The smallest absolute Gasteiger partial charge is 0.169 e. The molecule has 2 saturated heterocycles. The molecule has 0 aromatic heterocycles. The highest BCUT2D eigenvalue weighted by molar-refractivity contribution is 5.32. The van der Waals surface area contributed by atoms with Crippen LogP contribution < -0.4 is 20.1 Å². The lowest BCUT2D eigenvalue weighted by molar-refractivity contribution is -0.154. The Kier molecular flexibility index (Phi) is 9.83. The molecule has 0 aliphatic carbocycles. The molecule has 2 N–H and O–H groups in total. The number of morpholine rings is 2. The van der Waals surface area contributed by atoms with Crippen LogP contribution in [0.1, 0.15) is 12.8 Å². The quantitative estimate of drug-likeness (QED) is 0.510. The predicted octanol–water partition coefficient (Wildman–Crippen LogP) is 1.15. The molecular weight excluding hydrogens is 364 g/mol. The van der Waals surface area contributed by atoms with Gasteiger partial charge in [-0.1, -0.05) is 6.07 Å². The third-order valence-corrected chi connectivity index (χ3v) is 4.31. The number of hydrogen-bond acceptors (Lipinski definition) is 8. The van der Waals surface area contributed by atoms with Gasteiger partial charge in [0.2, 0.25) is 0 Å². The summed E-state index contributed by atoms with van der Waals surface area (Å²) in [6.45, 7) is 7.08. The first-order chi connectivity index (χ1) is 13.9. The second-order valence-corrected chi connectivity index (χ2v) is 6.63. The van der Waals surface area contributed by atoms with E-state index in [0.29, 0.717) is 39.6 Å². The van der Waals surface area contributed by atoms with Crippen LogP contribution in [0, 0.1) is 0 Å². The predicted molar refractivity (Wildman–Crippen MR) is 104 cm³/mol. The fourth-order valence-corrected chi connectivity index (χ4v) is 2.88. The van der Waals surface area contributed by atoms with Crippen LogP contribution in [0.5, 0.6) is 11.5 Å². The molecule has 0 spiro atoms. The molecule has 8 heteroatoms. The molecule has 2 unspecified atom stereocenters. The van der Waals surface area contributed by atoms with Crippen molar-refractivity contribution in [1.82, 2.24) is 10.6 Å². The third-order valence-electron chi connectivity index (χ3n) is 4.31. The van der Waals surface area contributed by atoms with E-state index in [4.69, 9.17) is 28.4 Å². The highest BCUT2D eigenvalue weighted by atomic mass is 16.7. The van der Waals surface area contributed by atoms with Crippen molar-refractivity contribution < 1.29 is 28.4 Å². The molecule has 1 aromatic rings. The topological polar surface area (TPSA) is 79.4 Å². The van der Waals surface area contributed by atoms with Gasteiger partial charge in [0.15, 0.2) is 12.6 Å². The number of hydrogen-bond donors (Lipinski definition) is 2. The molecule has 0 saturated carbocycles. The van der Waals surface area contributed by atoms with Gasteiger partial charge in [-0.25, -0.2) is 0 Å². The zero-order chi connectivity index (χ0) is 19.3. The molecule has 158 valence electrons. The van der Waals surface area contributed by atoms with Gasteiger partial charge in [-0.2, -0.15) is 0 Å². The fraction of sp³-hybridized carbons (Fsp3) is 0.700. The highest BCUT2D eigenvalue weighted by Crippen LogP contribution is 2.19. The lowest BCUT2D eigenvalue weighted by atomic mass is 10.3. The maximum absolute atomic E-state index is 5.78. The lowest BCUT2D eigenvalue weighted by Gasteiger charge is -2.23. The van der Waals surface area contributed by atoms with Crippen molar-refractivity contribution in [2.24, 2.45) is 0 Å². The number of ether oxygens (including phenoxy) is 6. The number of rotatable bonds is 12. The second kappa shape index (κ2) is 12.9. The Hall–Kier alpha value is -1.42. The van der Waals surface area contributed by atoms with Crippen LogP contribution in [-0.2, 0) is 18.9 Å². The Labute approximate surface area is 166 Å². The standard InChI is InChI=1S/C20H32N2O6/c1-4-17(23-8-2-10-25-19-15-21-6-12-27-19)14-18(5-1)24-9-3-11-26-20-16-22-7-13-28-20/h1,4-5,14,19-22H,2-3,6-13,15-16H2. The van der Waals surface area contributed by atoms with Gasteiger partial charge in [0.25, 0.3) is 0 Å². The van der Waals surface area contributed by atoms with Gasteiger partial charge in [0.1, 0.15) is 11.5 Å². The molecule has 0 bridgehead atoms. The average molecular weight is 396 g/mol. The molecule has 0 radical (unpaired) electrons. The minimum absolute atomic E-state index is 0.143. The van der Waals surface area contributed by atoms with Crippen LogP contribution in [0.3, 0.4) is 0 Å². The maximum Gasteiger partial charge on any atom is 0.169 e. The van der Waals surface area contributed by atoms with Gasteiger partial charge in [-0.05, 0) is 12.1 Å². The molecule has 2 atom stereocenters. The Morgan fingerprint density at radius 1 is 0.786 bits per heavy atom. The second-order valence-electron chi connectivity index (χ2n) is 6.63. The lowest BCUT2D eigenvalue weighted by Crippen LogP contribution is -2.40. The molecule has 1 aromatic carbocycles. The van der Waals surface area contributed by atoms with Crippen LogP contribution in [0.2, 0.25) is 0 Å². The Balaban J connectivity index is 1.23. The SMILES string of the molecule is c1cc(OCCCOC2CNCCO2)cc(OCCCOC2CNCCO2)c1. The van der Waals surface area contributed by atoms with Crippen molar-refractivity contribution in [3.63, 3.8) is 0 Å². The van der Waals surface area contributed by atoms with Crippen LogP contribution in [0.25, 0.3) is 0 Å². The molecule has 0 amide bonds. The minimum Gasteiger partial charge on any atom is -0.493 e. The zero-order valence-electron chi connectivity index (χ0n) is 16.4. The van der Waals surface area contributed by atoms with E-state index < -0.39 is 0 Å². The minimum atomic E-state index is -0.143. The summed E-state index contributed by atoms with van der Waals surface area (Å²) >= 11 is 0. The molecule has 2 fully saturated rings. The van der Waals surface area contributed by atoms with Crippen molar-refractivity contribution in [2.45, 2.75) is 25.4 Å². The van der Waals surface area contributed by atoms with Gasteiger partial charge in [0.05, 0.1) is 39.6 Å². The van der Waals surface area contributed by atoms with E-state index in [9.17, 15) is 0 Å². The van der Waals surface area contributed by atoms with Crippen LogP contribution in [0.15, 0.2) is 24.3 Å². The fourth-order valence-electron chi connectivity index (χ4n) is 2.88. The molecule has 2 heterocycles. The van der Waals surface area contributed by atoms with Gasteiger partial charge in [0, 0.05) is 45.1 Å². The van der Waals surface area contributed by atoms with E-state index in [2.05, 4.69) is 10.6 Å². The molecule has 2 aliphatic rings.